The molecule has 0 spiro atoms. The van der Waals surface area contributed by atoms with Crippen LogP contribution < -0.4 is 36.6 Å². The summed E-state index contributed by atoms with van der Waals surface area (Å²) >= 11 is -3.52. The Hall–Kier alpha value is 0.779. The summed E-state index contributed by atoms with van der Waals surface area (Å²) in [5.41, 5.74) is 0. The maximum atomic E-state index is 10.4. The van der Waals surface area contributed by atoms with Gasteiger partial charge in [0.1, 0.15) is 0 Å². The van der Waals surface area contributed by atoms with Crippen molar-refractivity contribution in [3.8, 4) is 0 Å². The third kappa shape index (κ3) is 3.25. The summed E-state index contributed by atoms with van der Waals surface area (Å²) in [4.78, 5) is 0. The maximum absolute atomic E-state index is 10.4. The molecular weight excluding hydrogens is 246 g/mol. The number of hydrogen-bond donors (Lipinski definition) is 0. The molecule has 0 unspecified atom stereocenters. The summed E-state index contributed by atoms with van der Waals surface area (Å²) in [5.74, 6) is 0. The van der Waals surface area contributed by atoms with Crippen LogP contribution in [-0.4, -0.2) is 20.2 Å². The molecule has 1 aromatic rings. The van der Waals surface area contributed by atoms with Gasteiger partial charge in [-0.3, -0.25) is 0 Å². The Kier molecular flexibility index (Phi) is 5.85. The van der Waals surface area contributed by atoms with Gasteiger partial charge < -0.3 is 0 Å². The van der Waals surface area contributed by atoms with Crippen LogP contribution in [0.5, 0.6) is 0 Å². The van der Waals surface area contributed by atoms with E-state index in [0.29, 0.717) is 3.58 Å². The van der Waals surface area contributed by atoms with E-state index in [1.165, 1.54) is 0 Å². The molecule has 0 radical (unpaired) electrons. The van der Waals surface area contributed by atoms with E-state index in [2.05, 4.69) is 0 Å². The zero-order chi connectivity index (χ0) is 6.69. The predicted molar refractivity (Wildman–Crippen MR) is 32.5 cm³/mol. The van der Waals surface area contributed by atoms with Gasteiger partial charge in [0.2, 0.25) is 0 Å². The van der Waals surface area contributed by atoms with Gasteiger partial charge in [0.15, 0.2) is 0 Å². The van der Waals surface area contributed by atoms with Crippen molar-refractivity contribution in [1.82, 2.24) is 0 Å². The van der Waals surface area contributed by atoms with Crippen molar-refractivity contribution in [2.75, 3.05) is 0 Å². The Bertz CT molecular complexity index is 212. The predicted octanol–water partition coefficient (Wildman–Crippen LogP) is -3.82. The van der Waals surface area contributed by atoms with Crippen LogP contribution >= 0.6 is 0 Å². The summed E-state index contributed by atoms with van der Waals surface area (Å²) in [6.45, 7) is 0. The van der Waals surface area contributed by atoms with Crippen molar-refractivity contribution in [1.29, 1.82) is 0 Å². The molecule has 0 amide bonds. The van der Waals surface area contributed by atoms with Crippen LogP contribution in [0.4, 0.5) is 0 Å². The average Bonchev–Trinajstić information content (AvgIpc) is 1.90. The monoisotopic (exact) mass is 252 g/mol. The Balaban J connectivity index is 0.000000810. The molecule has 0 bridgehead atoms. The van der Waals surface area contributed by atoms with Gasteiger partial charge in [-0.15, -0.1) is 0 Å². The van der Waals surface area contributed by atoms with E-state index in [9.17, 15) is 6.52 Å². The van der Waals surface area contributed by atoms with E-state index in [1.54, 1.807) is 30.3 Å². The van der Waals surface area contributed by atoms with E-state index in [4.69, 9.17) is 0 Å². The van der Waals surface area contributed by atoms with Gasteiger partial charge in [-0.1, -0.05) is 0 Å². The van der Waals surface area contributed by atoms with Gasteiger partial charge in [0.25, 0.3) is 0 Å². The van der Waals surface area contributed by atoms with Crippen LogP contribution in [0.25, 0.3) is 0 Å². The van der Waals surface area contributed by atoms with Crippen LogP contribution in [0.2, 0.25) is 0 Å². The van der Waals surface area contributed by atoms with Crippen molar-refractivity contribution < 1.29 is 36.1 Å². The van der Waals surface area contributed by atoms with Crippen molar-refractivity contribution in [2.24, 2.45) is 0 Å². The van der Waals surface area contributed by atoms with Crippen LogP contribution in [0, 0.1) is 0 Å². The van der Waals surface area contributed by atoms with Gasteiger partial charge >= 0.3 is 90.1 Å². The molecule has 0 aliphatic rings. The summed E-state index contributed by atoms with van der Waals surface area (Å²) in [7, 11) is 0. The van der Waals surface area contributed by atoms with Crippen LogP contribution in [0.15, 0.2) is 30.3 Å². The van der Waals surface area contributed by atoms with Gasteiger partial charge in [0, 0.05) is 0 Å². The first-order valence-electron chi connectivity index (χ1n) is 2.57. The van der Waals surface area contributed by atoms with Crippen molar-refractivity contribution in [2.45, 2.75) is 0 Å². The fourth-order valence-corrected chi connectivity index (χ4v) is 1.90. The topological polar surface area (TPSA) is 40.1 Å². The van der Waals surface area contributed by atoms with Crippen LogP contribution in [-0.2, 0) is 3.08 Å². The quantitative estimate of drug-likeness (QED) is 0.480. The average molecular weight is 251 g/mol. The number of benzene rings is 1. The molecule has 0 fully saturated rings. The molecule has 0 aromatic heterocycles. The van der Waals surface area contributed by atoms with Crippen LogP contribution in [0.1, 0.15) is 0 Å². The summed E-state index contributed by atoms with van der Waals surface area (Å²) in [6, 6.07) is 8.50. The first kappa shape index (κ1) is 10.8. The summed E-state index contributed by atoms with van der Waals surface area (Å²) in [5, 5.41) is 0. The third-order valence-electron chi connectivity index (χ3n) is 1.01. The van der Waals surface area contributed by atoms with E-state index in [-0.39, 0.29) is 29.6 Å². The number of hydrogen-bond acceptors (Lipinski definition) is 2. The molecular formula is C6H5NaO2Sn. The van der Waals surface area contributed by atoms with Crippen molar-refractivity contribution >= 4 is 23.7 Å². The van der Waals surface area contributed by atoms with E-state index >= 15 is 0 Å². The molecule has 1 rings (SSSR count). The Labute approximate surface area is 89.2 Å². The van der Waals surface area contributed by atoms with E-state index < -0.39 is 20.2 Å². The molecule has 0 N–H and O–H groups in total. The molecule has 1 aromatic carbocycles. The summed E-state index contributed by atoms with van der Waals surface area (Å²) in [6.07, 6.45) is 0. The molecule has 0 aliphatic carbocycles. The molecule has 0 atom stereocenters. The van der Waals surface area contributed by atoms with Gasteiger partial charge in [-0.25, -0.2) is 0 Å². The molecule has 0 saturated carbocycles. The van der Waals surface area contributed by atoms with Gasteiger partial charge in [-0.2, -0.15) is 0 Å². The van der Waals surface area contributed by atoms with E-state index in [1.807, 2.05) is 0 Å². The zero-order valence-corrected chi connectivity index (χ0v) is 10.6. The number of rotatable bonds is 1. The second-order valence-corrected chi connectivity index (χ2v) is 4.94. The minimum absolute atomic E-state index is 0. The molecule has 10 heavy (non-hydrogen) atoms. The molecule has 0 heterocycles. The van der Waals surface area contributed by atoms with Gasteiger partial charge in [-0.05, 0) is 0 Å². The first-order valence-corrected chi connectivity index (χ1v) is 6.33. The third-order valence-corrected chi connectivity index (χ3v) is 3.31. The SMILES string of the molecule is [Na+].[O]=[Sn]([O-])[c]1ccccc1. The standard InChI is InChI=1S/C6H5.Na.2O.Sn/c1-2-4-6-5-3-1;;;;/h1-5H;;;;/q;+1;;-1;. The Morgan fingerprint density at radius 1 is 1.20 bits per heavy atom. The minimum atomic E-state index is -3.52. The zero-order valence-electron chi connectivity index (χ0n) is 5.70. The van der Waals surface area contributed by atoms with Crippen LogP contribution in [0.3, 0.4) is 0 Å². The molecule has 2 nitrogen and oxygen atoms in total. The molecule has 0 aliphatic heterocycles. The summed E-state index contributed by atoms with van der Waals surface area (Å²) < 4.78 is 21.2. The fourth-order valence-electron chi connectivity index (χ4n) is 0.574. The van der Waals surface area contributed by atoms with E-state index in [0.717, 1.165) is 0 Å². The Morgan fingerprint density at radius 2 is 1.70 bits per heavy atom. The normalized spacial score (nSPS) is 8.10. The fraction of sp³-hybridized carbons (Fsp3) is 0. The van der Waals surface area contributed by atoms with Crippen molar-refractivity contribution in [3.63, 3.8) is 0 Å². The first-order chi connectivity index (χ1) is 4.30. The van der Waals surface area contributed by atoms with Crippen molar-refractivity contribution in [3.05, 3.63) is 30.3 Å². The molecule has 4 heteroatoms. The Morgan fingerprint density at radius 3 is 2.00 bits per heavy atom. The van der Waals surface area contributed by atoms with Gasteiger partial charge in [0.05, 0.1) is 0 Å². The molecule has 0 saturated heterocycles. The second kappa shape index (κ2) is 5.43. The second-order valence-electron chi connectivity index (χ2n) is 1.65. The molecule has 46 valence electrons.